The number of ether oxygens (including phenoxy) is 2. The van der Waals surface area contributed by atoms with Gasteiger partial charge >= 0.3 is 0 Å². The number of rotatable bonds is 5. The summed E-state index contributed by atoms with van der Waals surface area (Å²) in [4.78, 5) is 11.1. The van der Waals surface area contributed by atoms with Gasteiger partial charge in [0.15, 0.2) is 18.1 Å². The van der Waals surface area contributed by atoms with Crippen LogP contribution in [-0.4, -0.2) is 26.7 Å². The third-order valence-electron chi connectivity index (χ3n) is 1.94. The summed E-state index contributed by atoms with van der Waals surface area (Å²) in [6.45, 7) is 1.90. The van der Waals surface area contributed by atoms with Gasteiger partial charge in [0.2, 0.25) is 0 Å². The fourth-order valence-electron chi connectivity index (χ4n) is 1.21. The standard InChI is InChI=1S/C11H16N2O3/c1-8-4-5-9(10(6-8)15-3)16-7-11(14)13-12-2/h4-6,12H,7H2,1-3H3,(H,13,14). The minimum Gasteiger partial charge on any atom is -0.493 e. The zero-order valence-corrected chi connectivity index (χ0v) is 9.66. The van der Waals surface area contributed by atoms with Gasteiger partial charge in [0.05, 0.1) is 7.11 Å². The van der Waals surface area contributed by atoms with Gasteiger partial charge in [0.1, 0.15) is 0 Å². The molecule has 0 radical (unpaired) electrons. The van der Waals surface area contributed by atoms with Crippen molar-refractivity contribution in [2.24, 2.45) is 0 Å². The minimum atomic E-state index is -0.245. The van der Waals surface area contributed by atoms with Gasteiger partial charge in [-0.15, -0.1) is 0 Å². The van der Waals surface area contributed by atoms with Crippen LogP contribution in [0.25, 0.3) is 0 Å². The number of hydrogen-bond acceptors (Lipinski definition) is 4. The largest absolute Gasteiger partial charge is 0.493 e. The normalized spacial score (nSPS) is 9.69. The van der Waals surface area contributed by atoms with Crippen molar-refractivity contribution < 1.29 is 14.3 Å². The lowest BCUT2D eigenvalue weighted by molar-refractivity contribution is -0.123. The van der Waals surface area contributed by atoms with Gasteiger partial charge in [-0.3, -0.25) is 10.2 Å². The van der Waals surface area contributed by atoms with Gasteiger partial charge in [0.25, 0.3) is 5.91 Å². The van der Waals surface area contributed by atoms with Gasteiger partial charge < -0.3 is 9.47 Å². The van der Waals surface area contributed by atoms with Crippen LogP contribution in [0.15, 0.2) is 18.2 Å². The Balaban J connectivity index is 2.63. The molecule has 1 amide bonds. The van der Waals surface area contributed by atoms with Crippen molar-refractivity contribution in [2.45, 2.75) is 6.92 Å². The molecule has 16 heavy (non-hydrogen) atoms. The Labute approximate surface area is 94.7 Å². The number of aryl methyl sites for hydroxylation is 1. The van der Waals surface area contributed by atoms with E-state index in [1.807, 2.05) is 19.1 Å². The second kappa shape index (κ2) is 5.97. The molecule has 0 aromatic heterocycles. The molecule has 0 aliphatic rings. The first-order valence-electron chi connectivity index (χ1n) is 4.90. The van der Waals surface area contributed by atoms with E-state index in [1.165, 1.54) is 0 Å². The summed E-state index contributed by atoms with van der Waals surface area (Å²) in [6, 6.07) is 5.53. The van der Waals surface area contributed by atoms with E-state index in [2.05, 4.69) is 10.9 Å². The van der Waals surface area contributed by atoms with Crippen LogP contribution in [0.2, 0.25) is 0 Å². The summed E-state index contributed by atoms with van der Waals surface area (Å²) in [6.07, 6.45) is 0. The third kappa shape index (κ3) is 3.43. The number of hydrazine groups is 1. The van der Waals surface area contributed by atoms with E-state index in [4.69, 9.17) is 9.47 Å². The number of amides is 1. The molecule has 5 heteroatoms. The Morgan fingerprint density at radius 1 is 1.38 bits per heavy atom. The zero-order valence-electron chi connectivity index (χ0n) is 9.66. The second-order valence-corrected chi connectivity index (χ2v) is 3.24. The molecule has 0 aliphatic carbocycles. The van der Waals surface area contributed by atoms with E-state index in [1.54, 1.807) is 20.2 Å². The first-order chi connectivity index (χ1) is 7.67. The van der Waals surface area contributed by atoms with Crippen LogP contribution in [0.3, 0.4) is 0 Å². The Morgan fingerprint density at radius 3 is 2.75 bits per heavy atom. The van der Waals surface area contributed by atoms with Crippen molar-refractivity contribution in [3.63, 3.8) is 0 Å². The number of carbonyl (C=O) groups is 1. The van der Waals surface area contributed by atoms with Gasteiger partial charge in [-0.25, -0.2) is 5.43 Å². The molecule has 1 aromatic rings. The predicted octanol–water partition coefficient (Wildman–Crippen LogP) is 0.633. The van der Waals surface area contributed by atoms with Gasteiger partial charge in [0, 0.05) is 7.05 Å². The molecule has 0 saturated carbocycles. The molecule has 0 spiro atoms. The highest BCUT2D eigenvalue weighted by Crippen LogP contribution is 2.27. The average Bonchev–Trinajstić information content (AvgIpc) is 2.27. The van der Waals surface area contributed by atoms with Gasteiger partial charge in [-0.2, -0.15) is 0 Å². The van der Waals surface area contributed by atoms with Crippen molar-refractivity contribution >= 4 is 5.91 Å². The molecule has 1 aromatic carbocycles. The van der Waals surface area contributed by atoms with Crippen LogP contribution in [0.4, 0.5) is 0 Å². The molecule has 0 fully saturated rings. The summed E-state index contributed by atoms with van der Waals surface area (Å²) in [5.41, 5.74) is 6.01. The monoisotopic (exact) mass is 224 g/mol. The molecule has 88 valence electrons. The lowest BCUT2D eigenvalue weighted by atomic mass is 10.2. The number of nitrogens with one attached hydrogen (secondary N) is 2. The lowest BCUT2D eigenvalue weighted by Crippen LogP contribution is -2.37. The number of benzene rings is 1. The maximum Gasteiger partial charge on any atom is 0.271 e. The Hall–Kier alpha value is -1.75. The SMILES string of the molecule is CNNC(=O)COc1ccc(C)cc1OC. The van der Waals surface area contributed by atoms with Crippen LogP contribution < -0.4 is 20.3 Å². The highest BCUT2D eigenvalue weighted by Gasteiger charge is 2.06. The Bertz CT molecular complexity index is 366. The van der Waals surface area contributed by atoms with Crippen molar-refractivity contribution in [3.05, 3.63) is 23.8 Å². The van der Waals surface area contributed by atoms with Crippen molar-refractivity contribution in [3.8, 4) is 11.5 Å². The fourth-order valence-corrected chi connectivity index (χ4v) is 1.21. The fraction of sp³-hybridized carbons (Fsp3) is 0.364. The van der Waals surface area contributed by atoms with Crippen molar-refractivity contribution in [1.29, 1.82) is 0 Å². The number of carbonyl (C=O) groups excluding carboxylic acids is 1. The van der Waals surface area contributed by atoms with E-state index < -0.39 is 0 Å². The van der Waals surface area contributed by atoms with E-state index >= 15 is 0 Å². The molecule has 0 aliphatic heterocycles. The first-order valence-corrected chi connectivity index (χ1v) is 4.90. The highest BCUT2D eigenvalue weighted by atomic mass is 16.5. The van der Waals surface area contributed by atoms with Crippen LogP contribution in [0, 0.1) is 6.92 Å². The summed E-state index contributed by atoms with van der Waals surface area (Å²) in [5.74, 6) is 0.932. The van der Waals surface area contributed by atoms with Crippen molar-refractivity contribution in [1.82, 2.24) is 10.9 Å². The van der Waals surface area contributed by atoms with E-state index in [9.17, 15) is 4.79 Å². The number of methoxy groups -OCH3 is 1. The Morgan fingerprint density at radius 2 is 2.12 bits per heavy atom. The predicted molar refractivity (Wildman–Crippen MR) is 60.4 cm³/mol. The molecule has 0 heterocycles. The summed E-state index contributed by atoms with van der Waals surface area (Å²) in [7, 11) is 3.18. The molecule has 0 saturated heterocycles. The molecule has 0 bridgehead atoms. The van der Waals surface area contributed by atoms with Crippen LogP contribution in [0.5, 0.6) is 11.5 Å². The van der Waals surface area contributed by atoms with Gasteiger partial charge in [-0.1, -0.05) is 6.07 Å². The second-order valence-electron chi connectivity index (χ2n) is 3.24. The molecule has 1 rings (SSSR count). The Kier molecular flexibility index (Phi) is 4.60. The lowest BCUT2D eigenvalue weighted by Gasteiger charge is -2.10. The smallest absolute Gasteiger partial charge is 0.271 e. The average molecular weight is 224 g/mol. The van der Waals surface area contributed by atoms with Crippen LogP contribution in [0.1, 0.15) is 5.56 Å². The zero-order chi connectivity index (χ0) is 12.0. The molecular weight excluding hydrogens is 208 g/mol. The van der Waals surface area contributed by atoms with Crippen molar-refractivity contribution in [2.75, 3.05) is 20.8 Å². The molecule has 2 N–H and O–H groups in total. The maximum absolute atomic E-state index is 11.1. The van der Waals surface area contributed by atoms with Gasteiger partial charge in [-0.05, 0) is 24.6 Å². The summed E-state index contributed by atoms with van der Waals surface area (Å²) >= 11 is 0. The van der Waals surface area contributed by atoms with E-state index in [0.29, 0.717) is 11.5 Å². The molecule has 0 atom stereocenters. The summed E-state index contributed by atoms with van der Waals surface area (Å²) < 4.78 is 10.5. The third-order valence-corrected chi connectivity index (χ3v) is 1.94. The summed E-state index contributed by atoms with van der Waals surface area (Å²) in [5, 5.41) is 0. The maximum atomic E-state index is 11.1. The molecule has 5 nitrogen and oxygen atoms in total. The van der Waals surface area contributed by atoms with E-state index in [-0.39, 0.29) is 12.5 Å². The number of hydrogen-bond donors (Lipinski definition) is 2. The first kappa shape index (κ1) is 12.3. The minimum absolute atomic E-state index is 0.0553. The quantitative estimate of drug-likeness (QED) is 0.720. The molecule has 0 unspecified atom stereocenters. The van der Waals surface area contributed by atoms with Crippen LogP contribution >= 0.6 is 0 Å². The van der Waals surface area contributed by atoms with Crippen LogP contribution in [-0.2, 0) is 4.79 Å². The highest BCUT2D eigenvalue weighted by molar-refractivity contribution is 5.77. The van der Waals surface area contributed by atoms with E-state index in [0.717, 1.165) is 5.56 Å². The molecular formula is C11H16N2O3. The topological polar surface area (TPSA) is 59.6 Å².